The monoisotopic (exact) mass is 145 g/mol. The molecule has 2 N–H and O–H groups in total. The van der Waals surface area contributed by atoms with E-state index in [1.165, 1.54) is 0 Å². The number of hydrogen-bond donors (Lipinski definition) is 2. The number of hydrogen-bond acceptors (Lipinski definition) is 2. The molecule has 2 atom stereocenters. The Morgan fingerprint density at radius 1 is 1.30 bits per heavy atom. The highest BCUT2D eigenvalue weighted by atomic mass is 16.3. The van der Waals surface area contributed by atoms with Crippen LogP contribution in [0.2, 0.25) is 0 Å². The Morgan fingerprint density at radius 2 is 1.90 bits per heavy atom. The topological polar surface area (TPSA) is 40.5 Å². The second-order valence-corrected chi connectivity index (χ2v) is 2.63. The van der Waals surface area contributed by atoms with Crippen LogP contribution in [0, 0.1) is 6.92 Å². The summed E-state index contributed by atoms with van der Waals surface area (Å²) >= 11 is 0. The molecule has 2 heteroatoms. The molecule has 0 spiro atoms. The molecule has 0 rings (SSSR count). The van der Waals surface area contributed by atoms with Gasteiger partial charge in [0.2, 0.25) is 0 Å². The maximum atomic E-state index is 9.04. The van der Waals surface area contributed by atoms with Gasteiger partial charge in [-0.25, -0.2) is 0 Å². The van der Waals surface area contributed by atoms with Crippen LogP contribution in [0.1, 0.15) is 32.6 Å². The number of aliphatic hydroxyl groups excluding tert-OH is 2. The molecule has 0 aromatic carbocycles. The lowest BCUT2D eigenvalue weighted by Gasteiger charge is -2.11. The fourth-order valence-corrected chi connectivity index (χ4v) is 0.796. The van der Waals surface area contributed by atoms with Gasteiger partial charge in [-0.2, -0.15) is 0 Å². The van der Waals surface area contributed by atoms with E-state index >= 15 is 0 Å². The predicted octanol–water partition coefficient (Wildman–Crippen LogP) is 1.12. The molecule has 0 aliphatic carbocycles. The Hall–Kier alpha value is -0.0800. The molecule has 0 aliphatic rings. The summed E-state index contributed by atoms with van der Waals surface area (Å²) in [7, 11) is 0. The number of rotatable bonds is 5. The predicted molar refractivity (Wildman–Crippen MR) is 41.5 cm³/mol. The molecule has 10 heavy (non-hydrogen) atoms. The molecule has 2 nitrogen and oxygen atoms in total. The molecule has 0 heterocycles. The fraction of sp³-hybridized carbons (Fsp3) is 0.875. The van der Waals surface area contributed by atoms with Crippen molar-refractivity contribution in [2.75, 3.05) is 0 Å². The highest BCUT2D eigenvalue weighted by Crippen LogP contribution is 2.05. The van der Waals surface area contributed by atoms with Gasteiger partial charge in [0.25, 0.3) is 0 Å². The van der Waals surface area contributed by atoms with Crippen molar-refractivity contribution in [3.05, 3.63) is 6.92 Å². The van der Waals surface area contributed by atoms with Crippen molar-refractivity contribution < 1.29 is 10.2 Å². The summed E-state index contributed by atoms with van der Waals surface area (Å²) in [4.78, 5) is 0. The van der Waals surface area contributed by atoms with E-state index in [1.54, 1.807) is 0 Å². The highest BCUT2D eigenvalue weighted by molar-refractivity contribution is 4.67. The van der Waals surface area contributed by atoms with Crippen LogP contribution in [-0.2, 0) is 0 Å². The summed E-state index contributed by atoms with van der Waals surface area (Å²) in [6, 6.07) is 0. The summed E-state index contributed by atoms with van der Waals surface area (Å²) in [5, 5.41) is 17.8. The van der Waals surface area contributed by atoms with Crippen molar-refractivity contribution in [3.8, 4) is 0 Å². The molecule has 2 unspecified atom stereocenters. The third-order valence-corrected chi connectivity index (χ3v) is 1.55. The molecule has 0 fully saturated rings. The molecule has 0 bridgehead atoms. The lowest BCUT2D eigenvalue weighted by atomic mass is 10.1. The minimum atomic E-state index is -0.822. The van der Waals surface area contributed by atoms with Crippen LogP contribution in [0.3, 0.4) is 0 Å². The van der Waals surface area contributed by atoms with Gasteiger partial charge in [-0.1, -0.05) is 26.2 Å². The van der Waals surface area contributed by atoms with Gasteiger partial charge in [-0.15, -0.1) is 0 Å². The molecule has 0 saturated heterocycles. The second kappa shape index (κ2) is 5.69. The van der Waals surface area contributed by atoms with Crippen LogP contribution >= 0.6 is 0 Å². The van der Waals surface area contributed by atoms with Crippen molar-refractivity contribution in [1.29, 1.82) is 0 Å². The smallest absolute Gasteiger partial charge is 0.0800 e. The van der Waals surface area contributed by atoms with E-state index in [0.717, 1.165) is 19.3 Å². The van der Waals surface area contributed by atoms with Gasteiger partial charge in [-0.3, -0.25) is 0 Å². The van der Waals surface area contributed by atoms with E-state index in [1.807, 2.05) is 0 Å². The Balaban J connectivity index is 3.13. The Bertz CT molecular complexity index is 71.7. The van der Waals surface area contributed by atoms with Crippen LogP contribution in [0.25, 0.3) is 0 Å². The molecule has 0 amide bonds. The first-order chi connectivity index (χ1) is 4.68. The van der Waals surface area contributed by atoms with Crippen LogP contribution in [0.15, 0.2) is 0 Å². The minimum absolute atomic E-state index is 0.633. The first-order valence-corrected chi connectivity index (χ1v) is 3.87. The zero-order chi connectivity index (χ0) is 7.98. The quantitative estimate of drug-likeness (QED) is 0.569. The van der Waals surface area contributed by atoms with Crippen LogP contribution in [0.5, 0.6) is 0 Å². The lowest BCUT2D eigenvalue weighted by molar-refractivity contribution is 0.0399. The fourth-order valence-electron chi connectivity index (χ4n) is 0.796. The van der Waals surface area contributed by atoms with Crippen molar-refractivity contribution >= 4 is 0 Å². The van der Waals surface area contributed by atoms with Gasteiger partial charge in [0.05, 0.1) is 12.2 Å². The van der Waals surface area contributed by atoms with Crippen molar-refractivity contribution in [3.63, 3.8) is 0 Å². The van der Waals surface area contributed by atoms with Crippen molar-refractivity contribution in [1.82, 2.24) is 0 Å². The maximum absolute atomic E-state index is 9.04. The van der Waals surface area contributed by atoms with Crippen LogP contribution in [0.4, 0.5) is 0 Å². The van der Waals surface area contributed by atoms with E-state index in [4.69, 9.17) is 10.2 Å². The molecule has 0 aromatic heterocycles. The SMILES string of the molecule is [CH2]C(O)C(O)CCCCC. The standard InChI is InChI=1S/C8H17O2/c1-3-4-5-6-8(10)7(2)9/h7-10H,2-6H2,1H3. The highest BCUT2D eigenvalue weighted by Gasteiger charge is 2.08. The summed E-state index contributed by atoms with van der Waals surface area (Å²) in [5.41, 5.74) is 0. The van der Waals surface area contributed by atoms with Gasteiger partial charge in [-0.05, 0) is 13.3 Å². The first-order valence-electron chi connectivity index (χ1n) is 3.87. The normalized spacial score (nSPS) is 16.8. The average molecular weight is 145 g/mol. The summed E-state index contributed by atoms with van der Waals surface area (Å²) in [6.07, 6.45) is 2.44. The average Bonchev–Trinajstić information content (AvgIpc) is 1.88. The molecule has 0 aromatic rings. The van der Waals surface area contributed by atoms with Gasteiger partial charge in [0.15, 0.2) is 0 Å². The lowest BCUT2D eigenvalue weighted by Crippen LogP contribution is -2.22. The van der Waals surface area contributed by atoms with Gasteiger partial charge in [0.1, 0.15) is 0 Å². The molecular formula is C8H17O2. The zero-order valence-corrected chi connectivity index (χ0v) is 6.58. The van der Waals surface area contributed by atoms with Gasteiger partial charge in [0, 0.05) is 0 Å². The Labute approximate surface area is 62.9 Å². The Morgan fingerprint density at radius 3 is 2.30 bits per heavy atom. The van der Waals surface area contributed by atoms with E-state index in [-0.39, 0.29) is 0 Å². The maximum Gasteiger partial charge on any atom is 0.0800 e. The third kappa shape index (κ3) is 4.77. The van der Waals surface area contributed by atoms with Crippen LogP contribution < -0.4 is 0 Å². The summed E-state index contributed by atoms with van der Waals surface area (Å²) in [6.45, 7) is 5.43. The number of aliphatic hydroxyl groups is 2. The van der Waals surface area contributed by atoms with E-state index in [0.29, 0.717) is 6.42 Å². The number of unbranched alkanes of at least 4 members (excludes halogenated alkanes) is 2. The molecule has 0 aliphatic heterocycles. The van der Waals surface area contributed by atoms with Crippen LogP contribution in [-0.4, -0.2) is 22.4 Å². The van der Waals surface area contributed by atoms with Gasteiger partial charge < -0.3 is 10.2 Å². The van der Waals surface area contributed by atoms with Gasteiger partial charge >= 0.3 is 0 Å². The molecule has 1 radical (unpaired) electrons. The van der Waals surface area contributed by atoms with E-state index in [2.05, 4.69) is 13.8 Å². The summed E-state index contributed by atoms with van der Waals surface area (Å²) in [5.74, 6) is 0. The van der Waals surface area contributed by atoms with Crippen molar-refractivity contribution in [2.45, 2.75) is 44.8 Å². The molecule has 61 valence electrons. The molecular weight excluding hydrogens is 128 g/mol. The van der Waals surface area contributed by atoms with Crippen molar-refractivity contribution in [2.24, 2.45) is 0 Å². The van der Waals surface area contributed by atoms with E-state index < -0.39 is 12.2 Å². The minimum Gasteiger partial charge on any atom is -0.390 e. The second-order valence-electron chi connectivity index (χ2n) is 2.63. The largest absolute Gasteiger partial charge is 0.390 e. The third-order valence-electron chi connectivity index (χ3n) is 1.55. The first kappa shape index (κ1) is 9.92. The zero-order valence-electron chi connectivity index (χ0n) is 6.58. The summed E-state index contributed by atoms with van der Waals surface area (Å²) < 4.78 is 0. The Kier molecular flexibility index (Phi) is 5.64. The molecule has 0 saturated carbocycles. The van der Waals surface area contributed by atoms with E-state index in [9.17, 15) is 0 Å².